The van der Waals surface area contributed by atoms with Crippen molar-refractivity contribution in [1.29, 1.82) is 0 Å². The first-order valence-corrected chi connectivity index (χ1v) is 8.54. The maximum absolute atomic E-state index is 11.1. The summed E-state index contributed by atoms with van der Waals surface area (Å²) in [5.41, 5.74) is -0.200. The molecule has 16 heavy (non-hydrogen) atoms. The van der Waals surface area contributed by atoms with E-state index in [0.29, 0.717) is 6.54 Å². The first-order chi connectivity index (χ1) is 7.22. The summed E-state index contributed by atoms with van der Waals surface area (Å²) in [4.78, 5) is 2.16. The molecular weight excluding hydrogens is 294 g/mol. The third-order valence-corrected chi connectivity index (χ3v) is 4.15. The number of nitrogens with zero attached hydrogens (tertiary/aromatic N) is 1. The van der Waals surface area contributed by atoms with Crippen molar-refractivity contribution in [3.63, 3.8) is 0 Å². The van der Waals surface area contributed by atoms with E-state index in [2.05, 4.69) is 20.8 Å². The highest BCUT2D eigenvalue weighted by atomic mass is 79.9. The Hall–Kier alpha value is 0.350. The molecule has 0 aromatic carbocycles. The lowest BCUT2D eigenvalue weighted by Crippen LogP contribution is -2.54. The van der Waals surface area contributed by atoms with E-state index in [9.17, 15) is 8.42 Å². The molecule has 6 heteroatoms. The molecule has 96 valence electrons. The molecule has 0 spiro atoms. The molecule has 1 heterocycles. The molecule has 1 atom stereocenters. The summed E-state index contributed by atoms with van der Waals surface area (Å²) in [6.07, 6.45) is 1.42. The number of morpholine rings is 1. The summed E-state index contributed by atoms with van der Waals surface area (Å²) in [5, 5.41) is 0.784. The maximum atomic E-state index is 11.1. The Bertz CT molecular complexity index is 329. The van der Waals surface area contributed by atoms with Gasteiger partial charge in [-0.25, -0.2) is 8.42 Å². The molecule has 1 unspecified atom stereocenters. The molecular formula is C10H20BrNO3S. The lowest BCUT2D eigenvalue weighted by atomic mass is 10.1. The van der Waals surface area contributed by atoms with Gasteiger partial charge in [0.1, 0.15) is 9.84 Å². The van der Waals surface area contributed by atoms with Crippen LogP contribution in [0, 0.1) is 0 Å². The quantitative estimate of drug-likeness (QED) is 0.724. The molecule has 1 aliphatic rings. The Morgan fingerprint density at radius 2 is 2.12 bits per heavy atom. The third kappa shape index (κ3) is 5.12. The fraction of sp³-hybridized carbons (Fsp3) is 1.00. The van der Waals surface area contributed by atoms with Crippen molar-refractivity contribution in [3.8, 4) is 0 Å². The molecule has 0 radical (unpaired) electrons. The average Bonchev–Trinajstić information content (AvgIpc) is 2.11. The zero-order valence-electron chi connectivity index (χ0n) is 10.1. The van der Waals surface area contributed by atoms with Gasteiger partial charge in [-0.2, -0.15) is 0 Å². The average molecular weight is 314 g/mol. The van der Waals surface area contributed by atoms with Gasteiger partial charge >= 0.3 is 0 Å². The van der Waals surface area contributed by atoms with Crippen LogP contribution in [-0.2, 0) is 14.6 Å². The normalized spacial score (nSPS) is 26.9. The monoisotopic (exact) mass is 313 g/mol. The third-order valence-electron chi connectivity index (χ3n) is 2.50. The minimum Gasteiger partial charge on any atom is -0.369 e. The van der Waals surface area contributed by atoms with Gasteiger partial charge < -0.3 is 4.74 Å². The van der Waals surface area contributed by atoms with E-state index in [-0.39, 0.29) is 17.5 Å². The van der Waals surface area contributed by atoms with Crippen molar-refractivity contribution >= 4 is 25.8 Å². The van der Waals surface area contributed by atoms with Crippen molar-refractivity contribution < 1.29 is 13.2 Å². The zero-order chi connectivity index (χ0) is 12.4. The van der Waals surface area contributed by atoms with Gasteiger partial charge in [0.25, 0.3) is 0 Å². The van der Waals surface area contributed by atoms with E-state index in [0.717, 1.165) is 18.4 Å². The summed E-state index contributed by atoms with van der Waals surface area (Å²) in [6.45, 7) is 6.25. The van der Waals surface area contributed by atoms with Gasteiger partial charge in [0, 0.05) is 31.2 Å². The Morgan fingerprint density at radius 3 is 2.62 bits per heavy atom. The number of rotatable bonds is 4. The van der Waals surface area contributed by atoms with E-state index in [1.807, 2.05) is 13.8 Å². The van der Waals surface area contributed by atoms with Gasteiger partial charge in [0.2, 0.25) is 0 Å². The SMILES string of the molecule is CC1(C)CN(CCS(C)(=O)=O)CC(CBr)O1. The Balaban J connectivity index is 2.53. The van der Waals surface area contributed by atoms with Crippen LogP contribution in [0.5, 0.6) is 0 Å². The first kappa shape index (κ1) is 14.4. The van der Waals surface area contributed by atoms with Gasteiger partial charge in [-0.05, 0) is 13.8 Å². The van der Waals surface area contributed by atoms with Crippen LogP contribution in [0.25, 0.3) is 0 Å². The van der Waals surface area contributed by atoms with Gasteiger partial charge in [-0.1, -0.05) is 15.9 Å². The summed E-state index contributed by atoms with van der Waals surface area (Å²) >= 11 is 3.41. The second-order valence-corrected chi connectivity index (χ2v) is 7.93. The predicted molar refractivity (Wildman–Crippen MR) is 68.9 cm³/mol. The van der Waals surface area contributed by atoms with Crippen molar-refractivity contribution in [1.82, 2.24) is 4.90 Å². The van der Waals surface area contributed by atoms with Gasteiger partial charge in [0.05, 0.1) is 17.5 Å². The fourth-order valence-electron chi connectivity index (χ4n) is 1.96. The molecule has 0 N–H and O–H groups in total. The van der Waals surface area contributed by atoms with Gasteiger partial charge in [-0.15, -0.1) is 0 Å². The molecule has 1 rings (SSSR count). The van der Waals surface area contributed by atoms with Crippen LogP contribution in [-0.4, -0.2) is 62.0 Å². The van der Waals surface area contributed by atoms with Gasteiger partial charge in [0.15, 0.2) is 0 Å². The summed E-state index contributed by atoms with van der Waals surface area (Å²) in [6, 6.07) is 0. The highest BCUT2D eigenvalue weighted by Crippen LogP contribution is 2.21. The van der Waals surface area contributed by atoms with E-state index >= 15 is 0 Å². The van der Waals surface area contributed by atoms with E-state index < -0.39 is 9.84 Å². The lowest BCUT2D eigenvalue weighted by Gasteiger charge is -2.42. The largest absolute Gasteiger partial charge is 0.369 e. The number of alkyl halides is 1. The smallest absolute Gasteiger partial charge is 0.148 e. The van der Waals surface area contributed by atoms with Crippen LogP contribution in [0.15, 0.2) is 0 Å². The standard InChI is InChI=1S/C10H20BrNO3S/c1-10(2)8-12(4-5-16(3,13)14)7-9(6-11)15-10/h9H,4-8H2,1-3H3. The number of hydrogen-bond donors (Lipinski definition) is 0. The first-order valence-electron chi connectivity index (χ1n) is 5.36. The predicted octanol–water partition coefficient (Wildman–Crippen LogP) is 0.905. The number of sulfone groups is 1. The van der Waals surface area contributed by atoms with Crippen LogP contribution in [0.1, 0.15) is 13.8 Å². The lowest BCUT2D eigenvalue weighted by molar-refractivity contribution is -0.125. The van der Waals surface area contributed by atoms with Crippen LogP contribution in [0.4, 0.5) is 0 Å². The fourth-order valence-corrected chi connectivity index (χ4v) is 2.89. The highest BCUT2D eigenvalue weighted by molar-refractivity contribution is 9.09. The minimum atomic E-state index is -2.88. The molecule has 0 aliphatic carbocycles. The van der Waals surface area contributed by atoms with E-state index in [4.69, 9.17) is 4.74 Å². The Kier molecular flexibility index (Phi) is 4.80. The van der Waals surface area contributed by atoms with Crippen molar-refractivity contribution in [2.45, 2.75) is 25.6 Å². The molecule has 4 nitrogen and oxygen atoms in total. The molecule has 1 fully saturated rings. The molecule has 0 saturated carbocycles. The highest BCUT2D eigenvalue weighted by Gasteiger charge is 2.32. The van der Waals surface area contributed by atoms with Crippen molar-refractivity contribution in [2.75, 3.05) is 37.0 Å². The Morgan fingerprint density at radius 1 is 1.50 bits per heavy atom. The second-order valence-electron chi connectivity index (χ2n) is 5.02. The number of halogens is 1. The molecule has 0 aromatic heterocycles. The second kappa shape index (κ2) is 5.33. The number of hydrogen-bond acceptors (Lipinski definition) is 4. The van der Waals surface area contributed by atoms with Gasteiger partial charge in [-0.3, -0.25) is 4.90 Å². The topological polar surface area (TPSA) is 46.6 Å². The molecule has 0 bridgehead atoms. The molecule has 1 aliphatic heterocycles. The Labute approximate surface area is 106 Å². The van der Waals surface area contributed by atoms with E-state index in [1.54, 1.807) is 0 Å². The van der Waals surface area contributed by atoms with Crippen LogP contribution in [0.3, 0.4) is 0 Å². The summed E-state index contributed by atoms with van der Waals surface area (Å²) in [5.74, 6) is 0.220. The zero-order valence-corrected chi connectivity index (χ0v) is 12.5. The molecule has 1 saturated heterocycles. The molecule has 0 amide bonds. The number of ether oxygens (including phenoxy) is 1. The van der Waals surface area contributed by atoms with E-state index in [1.165, 1.54) is 6.26 Å². The summed E-state index contributed by atoms with van der Waals surface area (Å²) in [7, 11) is -2.88. The summed E-state index contributed by atoms with van der Waals surface area (Å²) < 4.78 is 28.1. The maximum Gasteiger partial charge on any atom is 0.148 e. The van der Waals surface area contributed by atoms with Crippen LogP contribution in [0.2, 0.25) is 0 Å². The van der Waals surface area contributed by atoms with Crippen molar-refractivity contribution in [3.05, 3.63) is 0 Å². The van der Waals surface area contributed by atoms with Crippen LogP contribution < -0.4 is 0 Å². The molecule has 0 aromatic rings. The van der Waals surface area contributed by atoms with Crippen LogP contribution >= 0.6 is 15.9 Å². The minimum absolute atomic E-state index is 0.142. The van der Waals surface area contributed by atoms with Crippen molar-refractivity contribution in [2.24, 2.45) is 0 Å².